The molecule has 1 heterocycles. The van der Waals surface area contributed by atoms with Crippen molar-refractivity contribution in [3.05, 3.63) is 11.3 Å². The molecule has 1 aromatic rings. The molecule has 0 bridgehead atoms. The summed E-state index contributed by atoms with van der Waals surface area (Å²) in [4.78, 5) is 0. The Morgan fingerprint density at radius 1 is 1.44 bits per heavy atom. The highest BCUT2D eigenvalue weighted by molar-refractivity contribution is 7.65. The van der Waals surface area contributed by atoms with Gasteiger partial charge < -0.3 is 5.11 Å². The summed E-state index contributed by atoms with van der Waals surface area (Å²) in [5.41, 5.74) is 1.41. The van der Waals surface area contributed by atoms with Crippen LogP contribution in [0, 0.1) is 0 Å². The maximum absolute atomic E-state index is 10.5. The van der Waals surface area contributed by atoms with E-state index >= 15 is 0 Å². The van der Waals surface area contributed by atoms with Gasteiger partial charge in [-0.3, -0.25) is 0 Å². The van der Waals surface area contributed by atoms with Crippen LogP contribution in [0.4, 0.5) is 0 Å². The summed E-state index contributed by atoms with van der Waals surface area (Å²) < 4.78 is 12.1. The monoisotopic (exact) mass is 242 g/mol. The Morgan fingerprint density at radius 3 is 2.75 bits per heavy atom. The fourth-order valence-electron chi connectivity index (χ4n) is 1.57. The smallest absolute Gasteiger partial charge is 0.217 e. The van der Waals surface area contributed by atoms with Crippen LogP contribution in [-0.4, -0.2) is 24.5 Å². The molecule has 5 heteroatoms. The average Bonchev–Trinajstić information content (AvgIpc) is 2.56. The van der Waals surface area contributed by atoms with Crippen molar-refractivity contribution >= 4 is 16.6 Å². The first-order valence-corrected chi connectivity index (χ1v) is 6.45. The maximum atomic E-state index is 10.5. The predicted octanol–water partition coefficient (Wildman–Crippen LogP) is 1.70. The molecule has 0 aliphatic heterocycles. The van der Waals surface area contributed by atoms with Gasteiger partial charge >= 0.3 is 0 Å². The van der Waals surface area contributed by atoms with Crippen molar-refractivity contribution in [2.24, 2.45) is 0 Å². The molecule has 0 fully saturated rings. The first-order valence-electron chi connectivity index (χ1n) is 5.65. The van der Waals surface area contributed by atoms with E-state index in [0.29, 0.717) is 23.4 Å². The summed E-state index contributed by atoms with van der Waals surface area (Å²) in [6, 6.07) is 0. The highest BCUT2D eigenvalue weighted by Gasteiger charge is 2.14. The van der Waals surface area contributed by atoms with E-state index in [0.717, 1.165) is 31.4 Å². The topological polar surface area (TPSA) is 55.1 Å². The van der Waals surface area contributed by atoms with Gasteiger partial charge in [0.05, 0.1) is 22.5 Å². The maximum Gasteiger partial charge on any atom is 0.217 e. The molecular formula is C11H18N2O2S. The van der Waals surface area contributed by atoms with Crippen molar-refractivity contribution in [2.45, 2.75) is 46.1 Å². The number of nitrogens with zero attached hydrogens (tertiary/aromatic N) is 2. The number of aromatic hydroxyl groups is 1. The zero-order valence-electron chi connectivity index (χ0n) is 9.77. The van der Waals surface area contributed by atoms with E-state index in [2.05, 4.69) is 18.9 Å². The normalized spacial score (nSPS) is 10.4. The summed E-state index contributed by atoms with van der Waals surface area (Å²) in [6.45, 7) is 4.85. The largest absolute Gasteiger partial charge is 0.493 e. The summed E-state index contributed by atoms with van der Waals surface area (Å²) in [7, 11) is 0. The Morgan fingerprint density at radius 2 is 2.19 bits per heavy atom. The van der Waals surface area contributed by atoms with Crippen LogP contribution in [0.3, 0.4) is 0 Å². The molecule has 0 aromatic carbocycles. The third-order valence-corrected chi connectivity index (χ3v) is 2.75. The molecule has 1 rings (SSSR count). The lowest BCUT2D eigenvalue weighted by Crippen LogP contribution is -2.00. The minimum atomic E-state index is 0.125. The lowest BCUT2D eigenvalue weighted by atomic mass is 10.2. The van der Waals surface area contributed by atoms with Gasteiger partial charge in [0, 0.05) is 11.9 Å². The lowest BCUT2D eigenvalue weighted by molar-refractivity contribution is 0.392. The molecule has 0 aliphatic carbocycles. The number of hydrogen-bond acceptors (Lipinski definition) is 3. The molecule has 0 aliphatic rings. The number of hydrogen-bond donors (Lipinski definition) is 1. The number of unbranched alkanes of at least 4 members (excludes halogenated alkanes) is 1. The zero-order chi connectivity index (χ0) is 12.0. The average molecular weight is 242 g/mol. The van der Waals surface area contributed by atoms with Crippen LogP contribution in [0.5, 0.6) is 5.88 Å². The third kappa shape index (κ3) is 2.95. The molecule has 0 saturated carbocycles. The highest BCUT2D eigenvalue weighted by atomic mass is 32.1. The van der Waals surface area contributed by atoms with Gasteiger partial charge in [-0.2, -0.15) is 5.10 Å². The fourth-order valence-corrected chi connectivity index (χ4v) is 1.91. The van der Waals surface area contributed by atoms with Gasteiger partial charge in [-0.25, -0.2) is 8.89 Å². The van der Waals surface area contributed by atoms with Crippen molar-refractivity contribution in [2.75, 3.05) is 0 Å². The Bertz CT molecular complexity index is 395. The number of aryl methyl sites for hydroxylation is 2. The second kappa shape index (κ2) is 6.48. The van der Waals surface area contributed by atoms with Gasteiger partial charge in [-0.1, -0.05) is 26.7 Å². The summed E-state index contributed by atoms with van der Waals surface area (Å²) in [6.07, 6.45) is 3.77. The molecule has 0 spiro atoms. The van der Waals surface area contributed by atoms with Gasteiger partial charge in [0.1, 0.15) is 0 Å². The van der Waals surface area contributed by atoms with E-state index in [9.17, 15) is 9.32 Å². The van der Waals surface area contributed by atoms with E-state index in [-0.39, 0.29) is 5.88 Å². The van der Waals surface area contributed by atoms with Crippen LogP contribution in [0.2, 0.25) is 0 Å². The number of aromatic nitrogens is 2. The first kappa shape index (κ1) is 13.0. The molecule has 0 atom stereocenters. The van der Waals surface area contributed by atoms with E-state index in [4.69, 9.17) is 0 Å². The van der Waals surface area contributed by atoms with Crippen LogP contribution in [0.15, 0.2) is 0 Å². The summed E-state index contributed by atoms with van der Waals surface area (Å²) in [5, 5.41) is 15.7. The van der Waals surface area contributed by atoms with E-state index in [1.807, 2.05) is 0 Å². The molecule has 1 aromatic heterocycles. The lowest BCUT2D eigenvalue weighted by Gasteiger charge is -2.00. The second-order valence-electron chi connectivity index (χ2n) is 3.72. The van der Waals surface area contributed by atoms with Crippen LogP contribution >= 0.6 is 0 Å². The molecule has 1 N–H and O–H groups in total. The molecule has 0 radical (unpaired) electrons. The first-order chi connectivity index (χ1) is 7.74. The minimum absolute atomic E-state index is 0.125. The van der Waals surface area contributed by atoms with E-state index < -0.39 is 0 Å². The molecule has 0 amide bonds. The molecule has 90 valence electrons. The molecule has 0 saturated heterocycles. The SMILES string of the molecule is CCCCn1nc(CCC)c(C=S=O)c1O. The zero-order valence-corrected chi connectivity index (χ0v) is 10.6. The highest BCUT2D eigenvalue weighted by Crippen LogP contribution is 2.20. The molecule has 4 nitrogen and oxygen atoms in total. The van der Waals surface area contributed by atoms with Crippen LogP contribution in [0.1, 0.15) is 44.4 Å². The van der Waals surface area contributed by atoms with Gasteiger partial charge in [0.15, 0.2) is 0 Å². The Labute approximate surface area is 99.4 Å². The quantitative estimate of drug-likeness (QED) is 0.773. The summed E-state index contributed by atoms with van der Waals surface area (Å²) in [5.74, 6) is 0.125. The molecule has 0 unspecified atom stereocenters. The molecule has 16 heavy (non-hydrogen) atoms. The predicted molar refractivity (Wildman–Crippen MR) is 66.1 cm³/mol. The van der Waals surface area contributed by atoms with Crippen LogP contribution in [-0.2, 0) is 24.2 Å². The standard InChI is InChI=1S/C11H18N2O2S/c1-3-5-7-13-11(14)9(8-16-15)10(12-13)6-4-2/h8,14H,3-7H2,1-2H3. The van der Waals surface area contributed by atoms with Crippen LogP contribution in [0.25, 0.3) is 0 Å². The summed E-state index contributed by atoms with van der Waals surface area (Å²) >= 11 is 0.358. The van der Waals surface area contributed by atoms with Crippen molar-refractivity contribution in [3.63, 3.8) is 0 Å². The third-order valence-electron chi connectivity index (χ3n) is 2.41. The van der Waals surface area contributed by atoms with Crippen molar-refractivity contribution in [1.82, 2.24) is 9.78 Å². The van der Waals surface area contributed by atoms with Gasteiger partial charge in [-0.15, -0.1) is 0 Å². The molecular weight excluding hydrogens is 224 g/mol. The van der Waals surface area contributed by atoms with Crippen molar-refractivity contribution < 1.29 is 9.32 Å². The van der Waals surface area contributed by atoms with E-state index in [1.165, 1.54) is 5.37 Å². The van der Waals surface area contributed by atoms with E-state index in [1.54, 1.807) is 4.68 Å². The van der Waals surface area contributed by atoms with Gasteiger partial charge in [-0.05, 0) is 12.8 Å². The van der Waals surface area contributed by atoms with Crippen molar-refractivity contribution in [3.8, 4) is 5.88 Å². The van der Waals surface area contributed by atoms with Crippen molar-refractivity contribution in [1.29, 1.82) is 0 Å². The van der Waals surface area contributed by atoms with Gasteiger partial charge in [0.25, 0.3) is 0 Å². The van der Waals surface area contributed by atoms with Crippen LogP contribution < -0.4 is 0 Å². The Balaban J connectivity index is 3.02. The second-order valence-corrected chi connectivity index (χ2v) is 4.15. The Hall–Kier alpha value is -1.10. The number of rotatable bonds is 6. The van der Waals surface area contributed by atoms with Gasteiger partial charge in [0.2, 0.25) is 5.88 Å². The minimum Gasteiger partial charge on any atom is -0.493 e. The Kier molecular flexibility index (Phi) is 5.25. The fraction of sp³-hybridized carbons (Fsp3) is 0.636.